The Balaban J connectivity index is 0.000000147. The van der Waals surface area contributed by atoms with Gasteiger partial charge in [-0.3, -0.25) is 0 Å². The van der Waals surface area contributed by atoms with Crippen LogP contribution in [0.4, 0.5) is 0 Å². The molecule has 0 saturated heterocycles. The van der Waals surface area contributed by atoms with Gasteiger partial charge >= 0.3 is 0 Å². The van der Waals surface area contributed by atoms with Crippen LogP contribution in [0.3, 0.4) is 0 Å². The van der Waals surface area contributed by atoms with Crippen molar-refractivity contribution in [3.8, 4) is 0 Å². The molecular weight excluding hydrogens is 304 g/mol. The lowest BCUT2D eigenvalue weighted by molar-refractivity contribution is 1.72. The largest absolute Gasteiger partial charge is 0.152 e. The number of benzene rings is 2. The SMILES string of the molecule is c1ccccc1.c1ccccc1.c1ccsc1.c1ccsc1. The third-order valence-electron chi connectivity index (χ3n) is 2.18. The van der Waals surface area contributed by atoms with Gasteiger partial charge in [-0.25, -0.2) is 0 Å². The second-order valence-corrected chi connectivity index (χ2v) is 5.53. The summed E-state index contributed by atoms with van der Waals surface area (Å²) < 4.78 is 0. The number of rotatable bonds is 0. The fourth-order valence-electron chi connectivity index (χ4n) is 1.22. The van der Waals surface area contributed by atoms with Crippen molar-refractivity contribution in [3.05, 3.63) is 119 Å². The molecule has 2 aromatic carbocycles. The summed E-state index contributed by atoms with van der Waals surface area (Å²) in [6, 6.07) is 32.1. The van der Waals surface area contributed by atoms with Gasteiger partial charge in [-0.05, 0) is 21.5 Å². The van der Waals surface area contributed by atoms with Crippen LogP contribution in [0.5, 0.6) is 0 Å². The molecule has 22 heavy (non-hydrogen) atoms. The molecule has 0 saturated carbocycles. The summed E-state index contributed by atoms with van der Waals surface area (Å²) in [6.07, 6.45) is 0. The molecule has 2 heteroatoms. The third-order valence-corrected chi connectivity index (χ3v) is 3.44. The van der Waals surface area contributed by atoms with E-state index in [2.05, 4.69) is 0 Å². The fraction of sp³-hybridized carbons (Fsp3) is 0. The molecule has 0 nitrogen and oxygen atoms in total. The van der Waals surface area contributed by atoms with Crippen LogP contribution in [0, 0.1) is 0 Å². The van der Waals surface area contributed by atoms with Gasteiger partial charge in [-0.1, -0.05) is 97.1 Å². The molecule has 0 aliphatic rings. The minimum absolute atomic E-state index is 1.71. The number of thiophene rings is 2. The van der Waals surface area contributed by atoms with E-state index in [0.717, 1.165) is 0 Å². The molecule has 2 heterocycles. The highest BCUT2D eigenvalue weighted by Gasteiger charge is 1.59. The zero-order valence-electron chi connectivity index (χ0n) is 12.4. The Bertz CT molecular complexity index is 439. The highest BCUT2D eigenvalue weighted by Crippen LogP contribution is 1.92. The van der Waals surface area contributed by atoms with Gasteiger partial charge in [-0.15, -0.1) is 0 Å². The van der Waals surface area contributed by atoms with Gasteiger partial charge in [0.1, 0.15) is 0 Å². The average molecular weight is 325 g/mol. The Kier molecular flexibility index (Phi) is 12.4. The second-order valence-electron chi connectivity index (χ2n) is 3.90. The summed E-state index contributed by atoms with van der Waals surface area (Å²) >= 11 is 3.43. The molecule has 0 spiro atoms. The standard InChI is InChI=1S/2C6H6.2C4H4S/c2*1-2-4-6-5-3-1;2*1-2-4-5-3-1/h2*1-6H;2*1-4H. The molecule has 112 valence electrons. The number of hydrogen-bond acceptors (Lipinski definition) is 2. The highest BCUT2D eigenvalue weighted by atomic mass is 32.1. The van der Waals surface area contributed by atoms with Gasteiger partial charge in [0.25, 0.3) is 0 Å². The second kappa shape index (κ2) is 15.2. The Morgan fingerprint density at radius 3 is 0.500 bits per heavy atom. The van der Waals surface area contributed by atoms with E-state index in [9.17, 15) is 0 Å². The van der Waals surface area contributed by atoms with E-state index in [1.54, 1.807) is 22.7 Å². The topological polar surface area (TPSA) is 0 Å². The Labute approximate surface area is 141 Å². The van der Waals surface area contributed by atoms with E-state index in [-0.39, 0.29) is 0 Å². The van der Waals surface area contributed by atoms with Crippen molar-refractivity contribution < 1.29 is 0 Å². The van der Waals surface area contributed by atoms with Gasteiger partial charge in [0.05, 0.1) is 0 Å². The maximum Gasteiger partial charge on any atom is -0.00934 e. The maximum absolute atomic E-state index is 2.04. The molecule has 0 aliphatic heterocycles. The molecule has 4 rings (SSSR count). The molecular formula is C20H20S2. The van der Waals surface area contributed by atoms with E-state index in [0.29, 0.717) is 0 Å². The van der Waals surface area contributed by atoms with Gasteiger partial charge in [0.15, 0.2) is 0 Å². The van der Waals surface area contributed by atoms with Crippen LogP contribution in [0.1, 0.15) is 0 Å². The van der Waals surface area contributed by atoms with E-state index in [4.69, 9.17) is 0 Å². The quantitative estimate of drug-likeness (QED) is 0.331. The first-order valence-electron chi connectivity index (χ1n) is 6.94. The van der Waals surface area contributed by atoms with Crippen LogP contribution in [0.2, 0.25) is 0 Å². The summed E-state index contributed by atoms with van der Waals surface area (Å²) in [6.45, 7) is 0. The lowest BCUT2D eigenvalue weighted by atomic mass is 10.4. The monoisotopic (exact) mass is 324 g/mol. The van der Waals surface area contributed by atoms with Crippen molar-refractivity contribution in [1.82, 2.24) is 0 Å². The van der Waals surface area contributed by atoms with Crippen molar-refractivity contribution in [1.29, 1.82) is 0 Å². The molecule has 4 aromatic rings. The van der Waals surface area contributed by atoms with Gasteiger partial charge in [-0.2, -0.15) is 22.7 Å². The van der Waals surface area contributed by atoms with Gasteiger partial charge in [0, 0.05) is 0 Å². The maximum atomic E-state index is 2.04. The van der Waals surface area contributed by atoms with Crippen molar-refractivity contribution in [3.63, 3.8) is 0 Å². The first-order chi connectivity index (χ1) is 11.0. The lowest BCUT2D eigenvalue weighted by Gasteiger charge is -1.69. The Morgan fingerprint density at radius 1 is 0.227 bits per heavy atom. The minimum Gasteiger partial charge on any atom is -0.152 e. The summed E-state index contributed by atoms with van der Waals surface area (Å²) in [5.74, 6) is 0. The van der Waals surface area contributed by atoms with E-state index in [1.165, 1.54) is 0 Å². The Hall–Kier alpha value is -2.16. The summed E-state index contributed by atoms with van der Waals surface area (Å²) in [4.78, 5) is 0. The van der Waals surface area contributed by atoms with E-state index in [1.807, 2.05) is 119 Å². The lowest BCUT2D eigenvalue weighted by Crippen LogP contribution is -1.47. The summed E-state index contributed by atoms with van der Waals surface area (Å²) in [7, 11) is 0. The Morgan fingerprint density at radius 2 is 0.409 bits per heavy atom. The molecule has 0 bridgehead atoms. The first kappa shape index (κ1) is 17.9. The predicted octanol–water partition coefficient (Wildman–Crippen LogP) is 6.87. The molecule has 0 radical (unpaired) electrons. The van der Waals surface area contributed by atoms with Crippen LogP contribution >= 0.6 is 22.7 Å². The van der Waals surface area contributed by atoms with Crippen LogP contribution in [-0.4, -0.2) is 0 Å². The zero-order valence-corrected chi connectivity index (χ0v) is 14.0. The molecule has 0 fully saturated rings. The molecule has 2 aromatic heterocycles. The van der Waals surface area contributed by atoms with Crippen molar-refractivity contribution in [2.45, 2.75) is 0 Å². The summed E-state index contributed by atoms with van der Waals surface area (Å²) in [5, 5.41) is 8.17. The highest BCUT2D eigenvalue weighted by molar-refractivity contribution is 7.08. The third kappa shape index (κ3) is 12.9. The van der Waals surface area contributed by atoms with Crippen LogP contribution in [0.25, 0.3) is 0 Å². The van der Waals surface area contributed by atoms with Crippen molar-refractivity contribution in [2.75, 3.05) is 0 Å². The zero-order chi connectivity index (χ0) is 15.6. The molecule has 0 N–H and O–H groups in total. The van der Waals surface area contributed by atoms with E-state index >= 15 is 0 Å². The molecule has 0 aliphatic carbocycles. The fourth-order valence-corrected chi connectivity index (χ4v) is 2.13. The van der Waals surface area contributed by atoms with Gasteiger partial charge in [0.2, 0.25) is 0 Å². The molecule has 0 amide bonds. The number of hydrogen-bond donors (Lipinski definition) is 0. The minimum atomic E-state index is 1.71. The van der Waals surface area contributed by atoms with Crippen molar-refractivity contribution >= 4 is 22.7 Å². The van der Waals surface area contributed by atoms with Crippen LogP contribution in [-0.2, 0) is 0 Å². The van der Waals surface area contributed by atoms with E-state index < -0.39 is 0 Å². The van der Waals surface area contributed by atoms with Crippen LogP contribution < -0.4 is 0 Å². The van der Waals surface area contributed by atoms with Crippen LogP contribution in [0.15, 0.2) is 119 Å². The predicted molar refractivity (Wildman–Crippen MR) is 102 cm³/mol. The van der Waals surface area contributed by atoms with Crippen molar-refractivity contribution in [2.24, 2.45) is 0 Å². The smallest absolute Gasteiger partial charge is 0.00934 e. The normalized spacial score (nSPS) is 8.00. The molecule has 0 unspecified atom stereocenters. The first-order valence-corrected chi connectivity index (χ1v) is 8.83. The molecule has 0 atom stereocenters. The average Bonchev–Trinajstić information content (AvgIpc) is 3.37. The summed E-state index contributed by atoms with van der Waals surface area (Å²) in [5.41, 5.74) is 0. The van der Waals surface area contributed by atoms with Gasteiger partial charge < -0.3 is 0 Å².